The third kappa shape index (κ3) is 3.72. The maximum Gasteiger partial charge on any atom is 0.244 e. The number of aromatic nitrogens is 3. The molecule has 2 fully saturated rings. The number of hydrogen-bond donors (Lipinski definition) is 1. The SMILES string of the molecule is O=C(Cn1nccc1[C@H]1CCCNC1)N1CCN(c2ccncc2)CC1. The Labute approximate surface area is 154 Å². The zero-order chi connectivity index (χ0) is 17.8. The highest BCUT2D eigenvalue weighted by Crippen LogP contribution is 2.23. The number of rotatable bonds is 4. The van der Waals surface area contributed by atoms with E-state index in [9.17, 15) is 4.79 Å². The largest absolute Gasteiger partial charge is 0.368 e. The van der Waals surface area contributed by atoms with Crippen molar-refractivity contribution in [3.05, 3.63) is 42.5 Å². The number of piperazine rings is 1. The third-order valence-corrected chi connectivity index (χ3v) is 5.41. The second kappa shape index (κ2) is 7.86. The van der Waals surface area contributed by atoms with Crippen LogP contribution in [0.1, 0.15) is 24.5 Å². The fraction of sp³-hybridized carbons (Fsp3) is 0.526. The van der Waals surface area contributed by atoms with Gasteiger partial charge in [-0.25, -0.2) is 0 Å². The van der Waals surface area contributed by atoms with E-state index in [4.69, 9.17) is 0 Å². The topological polar surface area (TPSA) is 66.3 Å². The molecule has 2 saturated heterocycles. The van der Waals surface area contributed by atoms with E-state index in [2.05, 4.69) is 26.4 Å². The summed E-state index contributed by atoms with van der Waals surface area (Å²) in [6.45, 7) is 5.62. The molecule has 4 rings (SSSR count). The molecule has 0 radical (unpaired) electrons. The van der Waals surface area contributed by atoms with Gasteiger partial charge in [-0.15, -0.1) is 0 Å². The molecule has 0 aliphatic carbocycles. The van der Waals surface area contributed by atoms with Crippen molar-refractivity contribution < 1.29 is 4.79 Å². The predicted octanol–water partition coefficient (Wildman–Crippen LogP) is 1.09. The number of pyridine rings is 1. The van der Waals surface area contributed by atoms with Gasteiger partial charge < -0.3 is 15.1 Å². The fourth-order valence-electron chi connectivity index (χ4n) is 3.92. The van der Waals surface area contributed by atoms with E-state index in [0.717, 1.165) is 45.7 Å². The summed E-state index contributed by atoms with van der Waals surface area (Å²) >= 11 is 0. The lowest BCUT2D eigenvalue weighted by molar-refractivity contribution is -0.132. The number of anilines is 1. The van der Waals surface area contributed by atoms with Crippen LogP contribution >= 0.6 is 0 Å². The summed E-state index contributed by atoms with van der Waals surface area (Å²) in [5.41, 5.74) is 2.35. The number of nitrogens with zero attached hydrogens (tertiary/aromatic N) is 5. The minimum atomic E-state index is 0.160. The van der Waals surface area contributed by atoms with E-state index in [1.165, 1.54) is 17.8 Å². The van der Waals surface area contributed by atoms with Gasteiger partial charge in [0.05, 0.1) is 0 Å². The Morgan fingerprint density at radius 1 is 1.12 bits per heavy atom. The number of nitrogens with one attached hydrogen (secondary N) is 1. The molecule has 0 spiro atoms. The summed E-state index contributed by atoms with van der Waals surface area (Å²) in [4.78, 5) is 21.1. The summed E-state index contributed by atoms with van der Waals surface area (Å²) in [7, 11) is 0. The van der Waals surface area contributed by atoms with E-state index in [1.807, 2.05) is 40.3 Å². The van der Waals surface area contributed by atoms with Crippen LogP contribution in [0.15, 0.2) is 36.8 Å². The highest BCUT2D eigenvalue weighted by Gasteiger charge is 2.24. The lowest BCUT2D eigenvalue weighted by atomic mass is 9.96. The summed E-state index contributed by atoms with van der Waals surface area (Å²) < 4.78 is 1.90. The van der Waals surface area contributed by atoms with Crippen LogP contribution in [0.4, 0.5) is 5.69 Å². The number of piperidine rings is 1. The summed E-state index contributed by atoms with van der Waals surface area (Å²) in [5.74, 6) is 0.621. The average Bonchev–Trinajstić information content (AvgIpc) is 3.17. The molecule has 0 saturated carbocycles. The molecule has 0 unspecified atom stereocenters. The predicted molar refractivity (Wildman–Crippen MR) is 100 cm³/mol. The first-order chi connectivity index (χ1) is 12.8. The molecule has 2 aromatic heterocycles. The molecule has 2 aliphatic heterocycles. The molecule has 1 amide bonds. The number of amides is 1. The summed E-state index contributed by atoms with van der Waals surface area (Å²) in [6, 6.07) is 6.10. The van der Waals surface area contributed by atoms with Gasteiger partial charge in [0, 0.05) is 68.6 Å². The Morgan fingerprint density at radius 3 is 2.65 bits per heavy atom. The van der Waals surface area contributed by atoms with E-state index >= 15 is 0 Å². The van der Waals surface area contributed by atoms with Crippen LogP contribution in [0.25, 0.3) is 0 Å². The monoisotopic (exact) mass is 354 g/mol. The van der Waals surface area contributed by atoms with Crippen LogP contribution in [0.2, 0.25) is 0 Å². The second-order valence-electron chi connectivity index (χ2n) is 7.03. The first kappa shape index (κ1) is 17.0. The Hall–Kier alpha value is -2.41. The van der Waals surface area contributed by atoms with Gasteiger partial charge in [0.2, 0.25) is 5.91 Å². The average molecular weight is 354 g/mol. The maximum atomic E-state index is 12.8. The second-order valence-corrected chi connectivity index (χ2v) is 7.03. The van der Waals surface area contributed by atoms with Crippen LogP contribution in [-0.2, 0) is 11.3 Å². The van der Waals surface area contributed by atoms with Crippen molar-refractivity contribution in [3.63, 3.8) is 0 Å². The van der Waals surface area contributed by atoms with Gasteiger partial charge in [0.25, 0.3) is 0 Å². The Bertz CT molecular complexity index is 717. The molecule has 1 N–H and O–H groups in total. The highest BCUT2D eigenvalue weighted by atomic mass is 16.2. The Morgan fingerprint density at radius 2 is 1.92 bits per heavy atom. The Balaban J connectivity index is 1.34. The molecule has 1 atom stereocenters. The molecule has 2 aromatic rings. The minimum Gasteiger partial charge on any atom is -0.368 e. The first-order valence-electron chi connectivity index (χ1n) is 9.46. The highest BCUT2D eigenvalue weighted by molar-refractivity contribution is 5.76. The minimum absolute atomic E-state index is 0.160. The Kier molecular flexibility index (Phi) is 5.15. The standard InChI is InChI=1S/C19H26N6O/c26-19(15-25-18(5-9-22-25)16-2-1-6-21-14-16)24-12-10-23(11-13-24)17-3-7-20-8-4-17/h3-5,7-9,16,21H,1-2,6,10-15H2/t16-/m0/s1. The molecular weight excluding hydrogens is 328 g/mol. The van der Waals surface area contributed by atoms with Crippen molar-refractivity contribution in [3.8, 4) is 0 Å². The van der Waals surface area contributed by atoms with Crippen molar-refractivity contribution in [1.29, 1.82) is 0 Å². The fourth-order valence-corrected chi connectivity index (χ4v) is 3.92. The van der Waals surface area contributed by atoms with Crippen LogP contribution in [-0.4, -0.2) is 64.8 Å². The molecular formula is C19H26N6O. The van der Waals surface area contributed by atoms with Gasteiger partial charge in [-0.05, 0) is 37.6 Å². The van der Waals surface area contributed by atoms with Crippen LogP contribution < -0.4 is 10.2 Å². The lowest BCUT2D eigenvalue weighted by Crippen LogP contribution is -2.49. The molecule has 4 heterocycles. The number of carbonyl (C=O) groups excluding carboxylic acids is 1. The molecule has 138 valence electrons. The van der Waals surface area contributed by atoms with E-state index in [1.54, 1.807) is 0 Å². The normalized spacial score (nSPS) is 21.0. The van der Waals surface area contributed by atoms with E-state index in [0.29, 0.717) is 12.5 Å². The van der Waals surface area contributed by atoms with Crippen LogP contribution in [0, 0.1) is 0 Å². The number of hydrogen-bond acceptors (Lipinski definition) is 5. The summed E-state index contributed by atoms with van der Waals surface area (Å²) in [5, 5.41) is 7.85. The van der Waals surface area contributed by atoms with Crippen molar-refractivity contribution in [2.24, 2.45) is 0 Å². The molecule has 2 aliphatic rings. The van der Waals surface area contributed by atoms with Gasteiger partial charge in [0.15, 0.2) is 0 Å². The zero-order valence-electron chi connectivity index (χ0n) is 15.0. The molecule has 0 bridgehead atoms. The quantitative estimate of drug-likeness (QED) is 0.890. The molecule has 26 heavy (non-hydrogen) atoms. The van der Waals surface area contributed by atoms with Gasteiger partial charge in [-0.3, -0.25) is 14.5 Å². The summed E-state index contributed by atoms with van der Waals surface area (Å²) in [6.07, 6.45) is 7.79. The third-order valence-electron chi connectivity index (χ3n) is 5.41. The van der Waals surface area contributed by atoms with Crippen molar-refractivity contribution in [2.45, 2.75) is 25.3 Å². The van der Waals surface area contributed by atoms with E-state index in [-0.39, 0.29) is 5.91 Å². The van der Waals surface area contributed by atoms with Crippen LogP contribution in [0.3, 0.4) is 0 Å². The zero-order valence-corrected chi connectivity index (χ0v) is 15.0. The maximum absolute atomic E-state index is 12.8. The lowest BCUT2D eigenvalue weighted by Gasteiger charge is -2.36. The van der Waals surface area contributed by atoms with Crippen molar-refractivity contribution in [2.75, 3.05) is 44.2 Å². The van der Waals surface area contributed by atoms with Crippen molar-refractivity contribution >= 4 is 11.6 Å². The first-order valence-corrected chi connectivity index (χ1v) is 9.46. The van der Waals surface area contributed by atoms with Gasteiger partial charge >= 0.3 is 0 Å². The van der Waals surface area contributed by atoms with Gasteiger partial charge in [0.1, 0.15) is 6.54 Å². The molecule has 7 nitrogen and oxygen atoms in total. The molecule has 0 aromatic carbocycles. The van der Waals surface area contributed by atoms with Gasteiger partial charge in [-0.2, -0.15) is 5.10 Å². The molecule has 7 heteroatoms. The van der Waals surface area contributed by atoms with Gasteiger partial charge in [-0.1, -0.05) is 0 Å². The van der Waals surface area contributed by atoms with Crippen molar-refractivity contribution in [1.82, 2.24) is 25.0 Å². The van der Waals surface area contributed by atoms with E-state index < -0.39 is 0 Å². The number of carbonyl (C=O) groups is 1. The van der Waals surface area contributed by atoms with Crippen LogP contribution in [0.5, 0.6) is 0 Å². The smallest absolute Gasteiger partial charge is 0.244 e.